The van der Waals surface area contributed by atoms with Gasteiger partial charge in [-0.1, -0.05) is 13.8 Å². The van der Waals surface area contributed by atoms with Gasteiger partial charge in [0.15, 0.2) is 0 Å². The summed E-state index contributed by atoms with van der Waals surface area (Å²) in [6, 6.07) is 11.1. The summed E-state index contributed by atoms with van der Waals surface area (Å²) in [7, 11) is -2.11. The van der Waals surface area contributed by atoms with E-state index in [1.54, 1.807) is 51.3 Å². The molecule has 0 saturated carbocycles. The molecule has 0 heterocycles. The van der Waals surface area contributed by atoms with Crippen LogP contribution in [0.25, 0.3) is 0 Å². The standard InChI is InChI=1S/C20H26N2O5S/c1-5-22(6-2)28(24,25)17-12-13-19(27-7-3)18(14-17)21-20(23)15-8-10-16(26-4)11-9-15/h8-14H,5-7H2,1-4H3,(H,21,23). The maximum absolute atomic E-state index is 12.8. The lowest BCUT2D eigenvalue weighted by Crippen LogP contribution is -2.30. The molecule has 152 valence electrons. The molecule has 0 bridgehead atoms. The van der Waals surface area contributed by atoms with Gasteiger partial charge in [-0.3, -0.25) is 4.79 Å². The fourth-order valence-corrected chi connectivity index (χ4v) is 4.18. The summed E-state index contributed by atoms with van der Waals surface area (Å²) in [6.07, 6.45) is 0. The van der Waals surface area contributed by atoms with E-state index >= 15 is 0 Å². The van der Waals surface area contributed by atoms with E-state index in [0.717, 1.165) is 0 Å². The van der Waals surface area contributed by atoms with Gasteiger partial charge in [0.05, 0.1) is 24.3 Å². The first kappa shape index (κ1) is 21.7. The average Bonchev–Trinajstić information content (AvgIpc) is 2.70. The highest BCUT2D eigenvalue weighted by molar-refractivity contribution is 7.89. The van der Waals surface area contributed by atoms with Gasteiger partial charge in [-0.25, -0.2) is 8.42 Å². The van der Waals surface area contributed by atoms with Crippen LogP contribution in [0.2, 0.25) is 0 Å². The Bertz CT molecular complexity index is 907. The van der Waals surface area contributed by atoms with Crippen molar-refractivity contribution in [3.63, 3.8) is 0 Å². The van der Waals surface area contributed by atoms with Crippen LogP contribution in [-0.2, 0) is 10.0 Å². The smallest absolute Gasteiger partial charge is 0.255 e. The van der Waals surface area contributed by atoms with Crippen molar-refractivity contribution in [2.45, 2.75) is 25.7 Å². The van der Waals surface area contributed by atoms with Gasteiger partial charge in [0.2, 0.25) is 10.0 Å². The van der Waals surface area contributed by atoms with Crippen LogP contribution in [0.15, 0.2) is 47.4 Å². The number of carbonyl (C=O) groups excluding carboxylic acids is 1. The number of sulfonamides is 1. The first-order chi connectivity index (χ1) is 13.4. The van der Waals surface area contributed by atoms with E-state index in [4.69, 9.17) is 9.47 Å². The molecule has 7 nitrogen and oxygen atoms in total. The molecular weight excluding hydrogens is 380 g/mol. The van der Waals surface area contributed by atoms with Crippen LogP contribution >= 0.6 is 0 Å². The van der Waals surface area contributed by atoms with Crippen molar-refractivity contribution >= 4 is 21.6 Å². The van der Waals surface area contributed by atoms with Gasteiger partial charge < -0.3 is 14.8 Å². The summed E-state index contributed by atoms with van der Waals surface area (Å²) in [5, 5.41) is 2.75. The predicted octanol–water partition coefficient (Wildman–Crippen LogP) is 3.38. The average molecular weight is 407 g/mol. The number of carbonyl (C=O) groups is 1. The highest BCUT2D eigenvalue weighted by atomic mass is 32.2. The zero-order valence-electron chi connectivity index (χ0n) is 16.6. The molecule has 0 atom stereocenters. The monoisotopic (exact) mass is 406 g/mol. The summed E-state index contributed by atoms with van der Waals surface area (Å²) in [6.45, 7) is 6.48. The number of methoxy groups -OCH3 is 1. The Balaban J connectivity index is 2.38. The van der Waals surface area contributed by atoms with E-state index in [0.29, 0.717) is 42.4 Å². The van der Waals surface area contributed by atoms with Crippen LogP contribution in [0.4, 0.5) is 5.69 Å². The Labute approximate surface area is 166 Å². The molecule has 1 amide bonds. The van der Waals surface area contributed by atoms with Crippen LogP contribution < -0.4 is 14.8 Å². The molecule has 0 unspecified atom stereocenters. The number of ether oxygens (including phenoxy) is 2. The second-order valence-corrected chi connectivity index (χ2v) is 7.80. The number of nitrogens with zero attached hydrogens (tertiary/aromatic N) is 1. The number of hydrogen-bond acceptors (Lipinski definition) is 5. The van der Waals surface area contributed by atoms with Crippen LogP contribution in [0, 0.1) is 0 Å². The van der Waals surface area contributed by atoms with Gasteiger partial charge in [-0.05, 0) is 49.4 Å². The molecule has 1 N–H and O–H groups in total. The molecule has 0 aliphatic carbocycles. The van der Waals surface area contributed by atoms with Crippen LogP contribution in [0.1, 0.15) is 31.1 Å². The van der Waals surface area contributed by atoms with Gasteiger partial charge in [-0.2, -0.15) is 4.31 Å². The molecule has 8 heteroatoms. The predicted molar refractivity (Wildman–Crippen MR) is 109 cm³/mol. The van der Waals surface area contributed by atoms with Crippen LogP contribution in [0.5, 0.6) is 11.5 Å². The zero-order chi connectivity index (χ0) is 20.7. The highest BCUT2D eigenvalue weighted by Crippen LogP contribution is 2.30. The molecule has 0 spiro atoms. The largest absolute Gasteiger partial charge is 0.497 e. The van der Waals surface area contributed by atoms with E-state index in [9.17, 15) is 13.2 Å². The van der Waals surface area contributed by atoms with Crippen molar-refractivity contribution < 1.29 is 22.7 Å². The molecule has 0 saturated heterocycles. The lowest BCUT2D eigenvalue weighted by Gasteiger charge is -2.20. The lowest BCUT2D eigenvalue weighted by atomic mass is 10.2. The van der Waals surface area contributed by atoms with E-state index < -0.39 is 10.0 Å². The molecule has 0 radical (unpaired) electrons. The number of anilines is 1. The quantitative estimate of drug-likeness (QED) is 0.690. The molecule has 0 fully saturated rings. The third-order valence-electron chi connectivity index (χ3n) is 4.19. The fraction of sp³-hybridized carbons (Fsp3) is 0.350. The Kier molecular flexibility index (Phi) is 7.42. The number of nitrogens with one attached hydrogen (secondary N) is 1. The van der Waals surface area contributed by atoms with Crippen molar-refractivity contribution in [1.29, 1.82) is 0 Å². The van der Waals surface area contributed by atoms with Gasteiger partial charge >= 0.3 is 0 Å². The van der Waals surface area contributed by atoms with Gasteiger partial charge in [0, 0.05) is 18.7 Å². The van der Waals surface area contributed by atoms with Crippen molar-refractivity contribution in [3.8, 4) is 11.5 Å². The first-order valence-electron chi connectivity index (χ1n) is 9.09. The zero-order valence-corrected chi connectivity index (χ0v) is 17.4. The Morgan fingerprint density at radius 2 is 1.68 bits per heavy atom. The second-order valence-electron chi connectivity index (χ2n) is 5.86. The Morgan fingerprint density at radius 3 is 2.21 bits per heavy atom. The van der Waals surface area contributed by atoms with E-state index in [-0.39, 0.29) is 10.8 Å². The van der Waals surface area contributed by atoms with Crippen molar-refractivity contribution in [2.75, 3.05) is 32.1 Å². The normalized spacial score (nSPS) is 11.3. The van der Waals surface area contributed by atoms with Crippen molar-refractivity contribution in [1.82, 2.24) is 4.31 Å². The molecule has 28 heavy (non-hydrogen) atoms. The van der Waals surface area contributed by atoms with Gasteiger partial charge in [0.25, 0.3) is 5.91 Å². The van der Waals surface area contributed by atoms with Crippen LogP contribution in [-0.4, -0.2) is 45.4 Å². The minimum Gasteiger partial charge on any atom is -0.497 e. The first-order valence-corrected chi connectivity index (χ1v) is 10.5. The maximum atomic E-state index is 12.8. The summed E-state index contributed by atoms with van der Waals surface area (Å²) in [4.78, 5) is 12.7. The second kappa shape index (κ2) is 9.57. The number of benzene rings is 2. The van der Waals surface area contributed by atoms with E-state index in [1.807, 2.05) is 6.92 Å². The van der Waals surface area contributed by atoms with Crippen LogP contribution in [0.3, 0.4) is 0 Å². The molecular formula is C20H26N2O5S. The molecule has 0 aliphatic heterocycles. The molecule has 2 rings (SSSR count). The van der Waals surface area contributed by atoms with E-state index in [2.05, 4.69) is 5.32 Å². The summed E-state index contributed by atoms with van der Waals surface area (Å²) < 4.78 is 37.6. The molecule has 2 aromatic rings. The van der Waals surface area contributed by atoms with Crippen molar-refractivity contribution in [3.05, 3.63) is 48.0 Å². The minimum absolute atomic E-state index is 0.102. The SMILES string of the molecule is CCOc1ccc(S(=O)(=O)N(CC)CC)cc1NC(=O)c1ccc(OC)cc1. The number of amides is 1. The highest BCUT2D eigenvalue weighted by Gasteiger charge is 2.23. The number of rotatable bonds is 9. The van der Waals surface area contributed by atoms with Gasteiger partial charge in [-0.15, -0.1) is 0 Å². The molecule has 0 aromatic heterocycles. The van der Waals surface area contributed by atoms with Gasteiger partial charge in [0.1, 0.15) is 11.5 Å². The third kappa shape index (κ3) is 4.82. The maximum Gasteiger partial charge on any atom is 0.255 e. The third-order valence-corrected chi connectivity index (χ3v) is 6.24. The Morgan fingerprint density at radius 1 is 1.04 bits per heavy atom. The fourth-order valence-electron chi connectivity index (χ4n) is 2.70. The summed E-state index contributed by atoms with van der Waals surface area (Å²) >= 11 is 0. The summed E-state index contributed by atoms with van der Waals surface area (Å²) in [5.74, 6) is 0.669. The topological polar surface area (TPSA) is 84.9 Å². The van der Waals surface area contributed by atoms with E-state index in [1.165, 1.54) is 16.4 Å². The minimum atomic E-state index is -3.65. The molecule has 0 aliphatic rings. The molecule has 2 aromatic carbocycles. The number of hydrogen-bond donors (Lipinski definition) is 1. The lowest BCUT2D eigenvalue weighted by molar-refractivity contribution is 0.102. The summed E-state index contributed by atoms with van der Waals surface area (Å²) in [5.41, 5.74) is 0.719. The Hall–Kier alpha value is -2.58. The van der Waals surface area contributed by atoms with Crippen molar-refractivity contribution in [2.24, 2.45) is 0 Å².